The maximum atomic E-state index is 5.29. The van der Waals surface area contributed by atoms with Gasteiger partial charge in [0, 0.05) is 28.9 Å². The van der Waals surface area contributed by atoms with Gasteiger partial charge in [-0.3, -0.25) is 0 Å². The summed E-state index contributed by atoms with van der Waals surface area (Å²) in [6, 6.07) is 29.8. The molecule has 3 heteroatoms. The van der Waals surface area contributed by atoms with Crippen LogP contribution in [0.5, 0.6) is 11.5 Å². The summed E-state index contributed by atoms with van der Waals surface area (Å²) in [5, 5.41) is 2.52. The van der Waals surface area contributed by atoms with Crippen LogP contribution in [0.2, 0.25) is 0 Å². The maximum absolute atomic E-state index is 5.29. The van der Waals surface area contributed by atoms with Gasteiger partial charge in [-0.25, -0.2) is 0 Å². The second kappa shape index (κ2) is 7.27. The van der Waals surface area contributed by atoms with E-state index in [-0.39, 0.29) is 0 Å². The molecule has 0 saturated heterocycles. The van der Waals surface area contributed by atoms with Crippen molar-refractivity contribution in [2.75, 3.05) is 14.2 Å². The Bertz CT molecular complexity index is 1240. The number of rotatable bonds is 4. The average Bonchev–Trinajstić information content (AvgIpc) is 3.10. The molecule has 0 unspecified atom stereocenters. The fourth-order valence-corrected chi connectivity index (χ4v) is 4.14. The first-order valence-corrected chi connectivity index (χ1v) is 9.99. The highest BCUT2D eigenvalue weighted by Gasteiger charge is 2.11. The molecule has 0 fully saturated rings. The summed E-state index contributed by atoms with van der Waals surface area (Å²) in [5.41, 5.74) is 7.23. The lowest BCUT2D eigenvalue weighted by atomic mass is 10.00. The van der Waals surface area contributed by atoms with Crippen LogP contribution in [0.1, 0.15) is 0 Å². The topological polar surface area (TPSA) is 23.4 Å². The summed E-state index contributed by atoms with van der Waals surface area (Å²) in [7, 11) is 5.51. The summed E-state index contributed by atoms with van der Waals surface area (Å²) < 4.78 is 12.9. The van der Waals surface area contributed by atoms with E-state index >= 15 is 0 Å². The molecule has 4 aromatic carbocycles. The molecule has 30 heavy (non-hydrogen) atoms. The molecule has 0 saturated carbocycles. The molecule has 5 aromatic rings. The number of nitrogens with zero attached hydrogens (tertiary/aromatic N) is 1. The number of benzene rings is 4. The standard InChI is InChI=1S/C27H23NO2/c1-28-26-14-8-20(18-4-10-22(29-2)11-5-18)16-24(26)25-17-21(9-15-27(25)28)19-6-12-23(30-3)13-7-19/h4-17H,1-3H3. The van der Waals surface area contributed by atoms with Crippen molar-refractivity contribution < 1.29 is 9.47 Å². The van der Waals surface area contributed by atoms with E-state index in [1.807, 2.05) is 24.3 Å². The Hall–Kier alpha value is -3.72. The monoisotopic (exact) mass is 393 g/mol. The first-order chi connectivity index (χ1) is 14.7. The lowest BCUT2D eigenvalue weighted by Gasteiger charge is -2.05. The van der Waals surface area contributed by atoms with Gasteiger partial charge < -0.3 is 14.0 Å². The van der Waals surface area contributed by atoms with Gasteiger partial charge in [-0.2, -0.15) is 0 Å². The second-order valence-electron chi connectivity index (χ2n) is 7.48. The molecule has 3 nitrogen and oxygen atoms in total. The molecule has 0 N–H and O–H groups in total. The van der Waals surface area contributed by atoms with E-state index in [9.17, 15) is 0 Å². The van der Waals surface area contributed by atoms with E-state index in [4.69, 9.17) is 9.47 Å². The largest absolute Gasteiger partial charge is 0.497 e. The highest BCUT2D eigenvalue weighted by molar-refractivity contribution is 6.10. The average molecular weight is 393 g/mol. The van der Waals surface area contributed by atoms with E-state index in [1.165, 1.54) is 44.1 Å². The smallest absolute Gasteiger partial charge is 0.118 e. The minimum Gasteiger partial charge on any atom is -0.497 e. The zero-order valence-electron chi connectivity index (χ0n) is 17.3. The van der Waals surface area contributed by atoms with Gasteiger partial charge in [0.1, 0.15) is 11.5 Å². The maximum Gasteiger partial charge on any atom is 0.118 e. The third-order valence-corrected chi connectivity index (χ3v) is 5.85. The Morgan fingerprint density at radius 2 is 0.867 bits per heavy atom. The van der Waals surface area contributed by atoms with Crippen molar-refractivity contribution in [2.45, 2.75) is 0 Å². The van der Waals surface area contributed by atoms with Gasteiger partial charge >= 0.3 is 0 Å². The third kappa shape index (κ3) is 3.00. The summed E-state index contributed by atoms with van der Waals surface area (Å²) in [4.78, 5) is 0. The van der Waals surface area contributed by atoms with Crippen LogP contribution in [0.3, 0.4) is 0 Å². The van der Waals surface area contributed by atoms with Gasteiger partial charge in [0.2, 0.25) is 0 Å². The normalized spacial score (nSPS) is 11.2. The Morgan fingerprint density at radius 3 is 1.23 bits per heavy atom. The van der Waals surface area contributed by atoms with Crippen LogP contribution in [0.25, 0.3) is 44.1 Å². The van der Waals surface area contributed by atoms with Crippen molar-refractivity contribution in [1.29, 1.82) is 0 Å². The number of fused-ring (bicyclic) bond motifs is 3. The first kappa shape index (κ1) is 18.3. The van der Waals surface area contributed by atoms with Crippen LogP contribution < -0.4 is 9.47 Å². The Morgan fingerprint density at radius 1 is 0.500 bits per heavy atom. The zero-order chi connectivity index (χ0) is 20.7. The molecular formula is C27H23NO2. The number of aryl methyl sites for hydroxylation is 1. The van der Waals surface area contributed by atoms with Crippen molar-refractivity contribution in [2.24, 2.45) is 7.05 Å². The molecule has 5 rings (SSSR count). The van der Waals surface area contributed by atoms with Gasteiger partial charge in [-0.1, -0.05) is 36.4 Å². The van der Waals surface area contributed by atoms with Crippen molar-refractivity contribution >= 4 is 21.8 Å². The van der Waals surface area contributed by atoms with E-state index in [1.54, 1.807) is 14.2 Å². The molecule has 0 aliphatic rings. The summed E-state index contributed by atoms with van der Waals surface area (Å²) in [6.45, 7) is 0. The Labute approximate surface area is 176 Å². The summed E-state index contributed by atoms with van der Waals surface area (Å²) in [6.07, 6.45) is 0. The SMILES string of the molecule is COc1ccc(-c2ccc3c(c2)c2cc(-c4ccc(OC)cc4)ccc2n3C)cc1. The molecule has 0 aliphatic heterocycles. The fourth-order valence-electron chi connectivity index (χ4n) is 4.14. The number of hydrogen-bond donors (Lipinski definition) is 0. The molecule has 148 valence electrons. The molecule has 0 amide bonds. The van der Waals surface area contributed by atoms with E-state index < -0.39 is 0 Å². The van der Waals surface area contributed by atoms with Crippen molar-refractivity contribution in [3.63, 3.8) is 0 Å². The van der Waals surface area contributed by atoms with Gasteiger partial charge in [0.15, 0.2) is 0 Å². The Kier molecular flexibility index (Phi) is 4.44. The van der Waals surface area contributed by atoms with E-state index in [2.05, 4.69) is 72.3 Å². The summed E-state index contributed by atoms with van der Waals surface area (Å²) in [5.74, 6) is 1.74. The molecule has 0 radical (unpaired) electrons. The van der Waals surface area contributed by atoms with Crippen LogP contribution in [0.4, 0.5) is 0 Å². The lowest BCUT2D eigenvalue weighted by molar-refractivity contribution is 0.415. The molecule has 1 aromatic heterocycles. The van der Waals surface area contributed by atoms with Crippen LogP contribution in [-0.2, 0) is 7.05 Å². The van der Waals surface area contributed by atoms with Gasteiger partial charge in [-0.15, -0.1) is 0 Å². The van der Waals surface area contributed by atoms with Crippen LogP contribution >= 0.6 is 0 Å². The molecule has 0 atom stereocenters. The van der Waals surface area contributed by atoms with Crippen molar-refractivity contribution in [1.82, 2.24) is 4.57 Å². The van der Waals surface area contributed by atoms with Crippen LogP contribution in [0, 0.1) is 0 Å². The summed E-state index contributed by atoms with van der Waals surface area (Å²) >= 11 is 0. The third-order valence-electron chi connectivity index (χ3n) is 5.85. The van der Waals surface area contributed by atoms with Gasteiger partial charge in [0.25, 0.3) is 0 Å². The zero-order valence-corrected chi connectivity index (χ0v) is 17.3. The minimum absolute atomic E-state index is 0.870. The first-order valence-electron chi connectivity index (χ1n) is 9.99. The van der Waals surface area contributed by atoms with E-state index in [0.717, 1.165) is 11.5 Å². The molecular weight excluding hydrogens is 370 g/mol. The quantitative estimate of drug-likeness (QED) is 0.340. The predicted molar refractivity (Wildman–Crippen MR) is 124 cm³/mol. The number of aromatic nitrogens is 1. The molecule has 0 bridgehead atoms. The second-order valence-corrected chi connectivity index (χ2v) is 7.48. The van der Waals surface area contributed by atoms with Gasteiger partial charge in [0.05, 0.1) is 14.2 Å². The highest BCUT2D eigenvalue weighted by Crippen LogP contribution is 2.35. The lowest BCUT2D eigenvalue weighted by Crippen LogP contribution is -1.87. The minimum atomic E-state index is 0.870. The molecule has 0 spiro atoms. The highest BCUT2D eigenvalue weighted by atomic mass is 16.5. The van der Waals surface area contributed by atoms with Crippen LogP contribution in [-0.4, -0.2) is 18.8 Å². The number of ether oxygens (including phenoxy) is 2. The predicted octanol–water partition coefficient (Wildman–Crippen LogP) is 6.68. The fraction of sp³-hybridized carbons (Fsp3) is 0.111. The number of hydrogen-bond acceptors (Lipinski definition) is 2. The number of methoxy groups -OCH3 is 2. The molecule has 1 heterocycles. The Balaban J connectivity index is 1.66. The van der Waals surface area contributed by atoms with E-state index in [0.29, 0.717) is 0 Å². The molecule has 0 aliphatic carbocycles. The van der Waals surface area contributed by atoms with Crippen molar-refractivity contribution in [3.05, 3.63) is 84.9 Å². The van der Waals surface area contributed by atoms with Crippen LogP contribution in [0.15, 0.2) is 84.9 Å². The van der Waals surface area contributed by atoms with Gasteiger partial charge in [-0.05, 0) is 70.8 Å². The van der Waals surface area contributed by atoms with Crippen molar-refractivity contribution in [3.8, 4) is 33.8 Å².